The SMILES string of the molecule is CC(C)(C)OC(=O)c1cc(C(=O)O)ccc1CN1CCCCC1. The molecule has 1 heterocycles. The fourth-order valence-electron chi connectivity index (χ4n) is 2.73. The summed E-state index contributed by atoms with van der Waals surface area (Å²) in [6, 6.07) is 4.71. The zero-order chi connectivity index (χ0) is 17.0. The lowest BCUT2D eigenvalue weighted by atomic mass is 10.0. The van der Waals surface area contributed by atoms with E-state index in [1.807, 2.05) is 0 Å². The minimum Gasteiger partial charge on any atom is -0.478 e. The molecule has 5 nitrogen and oxygen atoms in total. The van der Waals surface area contributed by atoms with Crippen LogP contribution in [-0.4, -0.2) is 40.6 Å². The van der Waals surface area contributed by atoms with Gasteiger partial charge in [0.1, 0.15) is 5.60 Å². The Morgan fingerprint density at radius 2 is 1.83 bits per heavy atom. The molecule has 0 aromatic heterocycles. The lowest BCUT2D eigenvalue weighted by Gasteiger charge is -2.27. The van der Waals surface area contributed by atoms with Crippen LogP contribution in [0.4, 0.5) is 0 Å². The molecule has 0 atom stereocenters. The first-order valence-electron chi connectivity index (χ1n) is 8.08. The molecule has 2 rings (SSSR count). The molecule has 0 spiro atoms. The van der Waals surface area contributed by atoms with Gasteiger partial charge in [-0.2, -0.15) is 0 Å². The first kappa shape index (κ1) is 17.5. The van der Waals surface area contributed by atoms with Gasteiger partial charge < -0.3 is 9.84 Å². The number of hydrogen-bond acceptors (Lipinski definition) is 4. The standard InChI is InChI=1S/C18H25NO4/c1-18(2,3)23-17(22)15-11-13(16(20)21)7-8-14(15)12-19-9-5-4-6-10-19/h7-8,11H,4-6,9-10,12H2,1-3H3,(H,20,21). The van der Waals surface area contributed by atoms with Gasteiger partial charge in [0.15, 0.2) is 0 Å². The summed E-state index contributed by atoms with van der Waals surface area (Å²) in [6.45, 7) is 8.07. The normalized spacial score (nSPS) is 16.1. The topological polar surface area (TPSA) is 66.8 Å². The zero-order valence-corrected chi connectivity index (χ0v) is 14.1. The fraction of sp³-hybridized carbons (Fsp3) is 0.556. The van der Waals surface area contributed by atoms with Crippen LogP contribution in [0.15, 0.2) is 18.2 Å². The van der Waals surface area contributed by atoms with E-state index in [1.54, 1.807) is 32.9 Å². The molecule has 1 aromatic carbocycles. The highest BCUT2D eigenvalue weighted by Gasteiger charge is 2.23. The maximum absolute atomic E-state index is 12.5. The van der Waals surface area contributed by atoms with Crippen molar-refractivity contribution in [3.63, 3.8) is 0 Å². The van der Waals surface area contributed by atoms with Crippen molar-refractivity contribution in [2.45, 2.75) is 52.2 Å². The number of carbonyl (C=O) groups is 2. The molecule has 1 fully saturated rings. The summed E-state index contributed by atoms with van der Waals surface area (Å²) in [6.07, 6.45) is 3.57. The summed E-state index contributed by atoms with van der Waals surface area (Å²) < 4.78 is 5.44. The smallest absolute Gasteiger partial charge is 0.339 e. The summed E-state index contributed by atoms with van der Waals surface area (Å²) in [5, 5.41) is 9.17. The number of ether oxygens (including phenoxy) is 1. The summed E-state index contributed by atoms with van der Waals surface area (Å²) in [5.74, 6) is -1.51. The molecule has 0 saturated carbocycles. The van der Waals surface area contributed by atoms with Gasteiger partial charge >= 0.3 is 11.9 Å². The average molecular weight is 319 g/mol. The van der Waals surface area contributed by atoms with Crippen molar-refractivity contribution in [1.29, 1.82) is 0 Å². The van der Waals surface area contributed by atoms with Crippen molar-refractivity contribution in [3.8, 4) is 0 Å². The first-order valence-corrected chi connectivity index (χ1v) is 8.08. The Hall–Kier alpha value is -1.88. The van der Waals surface area contributed by atoms with Gasteiger partial charge in [-0.15, -0.1) is 0 Å². The Morgan fingerprint density at radius 1 is 1.17 bits per heavy atom. The van der Waals surface area contributed by atoms with E-state index in [9.17, 15) is 14.7 Å². The first-order chi connectivity index (χ1) is 10.8. The van der Waals surface area contributed by atoms with E-state index in [2.05, 4.69) is 4.90 Å². The maximum Gasteiger partial charge on any atom is 0.339 e. The molecular weight excluding hydrogens is 294 g/mol. The monoisotopic (exact) mass is 319 g/mol. The van der Waals surface area contributed by atoms with E-state index in [1.165, 1.54) is 12.5 Å². The Labute approximate surface area is 137 Å². The van der Waals surface area contributed by atoms with Crippen molar-refractivity contribution in [2.24, 2.45) is 0 Å². The van der Waals surface area contributed by atoms with Crippen LogP contribution in [-0.2, 0) is 11.3 Å². The summed E-state index contributed by atoms with van der Waals surface area (Å²) in [4.78, 5) is 26.0. The highest BCUT2D eigenvalue weighted by molar-refractivity contribution is 5.96. The Balaban J connectivity index is 2.28. The van der Waals surface area contributed by atoms with E-state index in [0.29, 0.717) is 12.1 Å². The zero-order valence-electron chi connectivity index (χ0n) is 14.1. The second-order valence-electron chi connectivity index (χ2n) is 7.02. The number of rotatable bonds is 4. The van der Waals surface area contributed by atoms with Crippen molar-refractivity contribution in [2.75, 3.05) is 13.1 Å². The third kappa shape index (κ3) is 5.06. The number of nitrogens with zero attached hydrogens (tertiary/aromatic N) is 1. The molecule has 126 valence electrons. The molecule has 1 aliphatic rings. The van der Waals surface area contributed by atoms with Crippen molar-refractivity contribution < 1.29 is 19.4 Å². The van der Waals surface area contributed by atoms with Gasteiger partial charge in [-0.05, 0) is 64.4 Å². The molecule has 23 heavy (non-hydrogen) atoms. The molecule has 1 aliphatic heterocycles. The number of carbonyl (C=O) groups excluding carboxylic acids is 1. The highest BCUT2D eigenvalue weighted by Crippen LogP contribution is 2.21. The Bertz CT molecular complexity index is 583. The van der Waals surface area contributed by atoms with Gasteiger partial charge in [0.25, 0.3) is 0 Å². The second kappa shape index (κ2) is 7.13. The van der Waals surface area contributed by atoms with E-state index in [-0.39, 0.29) is 5.56 Å². The van der Waals surface area contributed by atoms with Crippen molar-refractivity contribution >= 4 is 11.9 Å². The number of hydrogen-bond donors (Lipinski definition) is 1. The minimum absolute atomic E-state index is 0.105. The predicted octanol–water partition coefficient (Wildman–Crippen LogP) is 3.33. The number of aromatic carboxylic acids is 1. The van der Waals surface area contributed by atoms with Crippen LogP contribution in [0.25, 0.3) is 0 Å². The van der Waals surface area contributed by atoms with Crippen LogP contribution in [0.3, 0.4) is 0 Å². The van der Waals surface area contributed by atoms with Gasteiger partial charge in [-0.3, -0.25) is 4.90 Å². The number of likely N-dealkylation sites (tertiary alicyclic amines) is 1. The molecule has 0 bridgehead atoms. The molecule has 1 saturated heterocycles. The van der Waals surface area contributed by atoms with Crippen molar-refractivity contribution in [3.05, 3.63) is 34.9 Å². The number of carboxylic acid groups (broad SMARTS) is 1. The van der Waals surface area contributed by atoms with Crippen LogP contribution in [0.2, 0.25) is 0 Å². The molecule has 0 aliphatic carbocycles. The number of carboxylic acids is 1. The third-order valence-electron chi connectivity index (χ3n) is 3.82. The number of benzene rings is 1. The van der Waals surface area contributed by atoms with Gasteiger partial charge in [-0.25, -0.2) is 9.59 Å². The van der Waals surface area contributed by atoms with E-state index >= 15 is 0 Å². The second-order valence-corrected chi connectivity index (χ2v) is 7.02. The molecular formula is C18H25NO4. The molecule has 0 unspecified atom stereocenters. The lowest BCUT2D eigenvalue weighted by molar-refractivity contribution is 0.00672. The van der Waals surface area contributed by atoms with Crippen LogP contribution in [0, 0.1) is 0 Å². The van der Waals surface area contributed by atoms with Gasteiger partial charge in [0.05, 0.1) is 11.1 Å². The largest absolute Gasteiger partial charge is 0.478 e. The van der Waals surface area contributed by atoms with Gasteiger partial charge in [-0.1, -0.05) is 12.5 Å². The molecule has 0 amide bonds. The van der Waals surface area contributed by atoms with E-state index in [0.717, 1.165) is 31.5 Å². The quantitative estimate of drug-likeness (QED) is 0.862. The number of piperidine rings is 1. The molecule has 5 heteroatoms. The highest BCUT2D eigenvalue weighted by atomic mass is 16.6. The van der Waals surface area contributed by atoms with Crippen LogP contribution in [0.5, 0.6) is 0 Å². The average Bonchev–Trinajstić information content (AvgIpc) is 2.46. The molecule has 1 aromatic rings. The fourth-order valence-corrected chi connectivity index (χ4v) is 2.73. The lowest BCUT2D eigenvalue weighted by Crippen LogP contribution is -2.30. The van der Waals surface area contributed by atoms with E-state index < -0.39 is 17.5 Å². The minimum atomic E-state index is -1.04. The summed E-state index contributed by atoms with van der Waals surface area (Å²) in [7, 11) is 0. The van der Waals surface area contributed by atoms with Crippen molar-refractivity contribution in [1.82, 2.24) is 4.90 Å². The van der Waals surface area contributed by atoms with Gasteiger partial charge in [0.2, 0.25) is 0 Å². The Kier molecular flexibility index (Phi) is 5.42. The third-order valence-corrected chi connectivity index (χ3v) is 3.82. The van der Waals surface area contributed by atoms with Crippen LogP contribution >= 0.6 is 0 Å². The maximum atomic E-state index is 12.5. The number of esters is 1. The van der Waals surface area contributed by atoms with E-state index in [4.69, 9.17) is 4.74 Å². The molecule has 0 radical (unpaired) electrons. The summed E-state index contributed by atoms with van der Waals surface area (Å²) >= 11 is 0. The van der Waals surface area contributed by atoms with Crippen LogP contribution in [0.1, 0.15) is 66.3 Å². The van der Waals surface area contributed by atoms with Gasteiger partial charge in [0, 0.05) is 6.54 Å². The summed E-state index contributed by atoms with van der Waals surface area (Å²) in [5.41, 5.74) is 0.670. The van der Waals surface area contributed by atoms with Crippen LogP contribution < -0.4 is 0 Å². The molecule has 1 N–H and O–H groups in total. The Morgan fingerprint density at radius 3 is 2.39 bits per heavy atom. The predicted molar refractivity (Wildman–Crippen MR) is 87.7 cm³/mol.